The fraction of sp³-hybridized carbons (Fsp3) is 1.00. The van der Waals surface area contributed by atoms with Crippen molar-refractivity contribution in [2.75, 3.05) is 23.0 Å². The van der Waals surface area contributed by atoms with E-state index in [-0.39, 0.29) is 6.04 Å². The van der Waals surface area contributed by atoms with Gasteiger partial charge in [0.1, 0.15) is 0 Å². The summed E-state index contributed by atoms with van der Waals surface area (Å²) in [6, 6.07) is 0.585. The molecule has 1 aliphatic rings. The van der Waals surface area contributed by atoms with E-state index in [0.29, 0.717) is 17.5 Å². The summed E-state index contributed by atoms with van der Waals surface area (Å²) in [5.41, 5.74) is 0. The molecule has 5 heteroatoms. The van der Waals surface area contributed by atoms with Crippen molar-refractivity contribution in [2.45, 2.75) is 39.3 Å². The Morgan fingerprint density at radius 1 is 1.31 bits per heavy atom. The summed E-state index contributed by atoms with van der Waals surface area (Å²) in [6.45, 7) is 6.57. The molecule has 2 atom stereocenters. The smallest absolute Gasteiger partial charge is 0.151 e. The van der Waals surface area contributed by atoms with Gasteiger partial charge in [0.15, 0.2) is 9.84 Å². The lowest BCUT2D eigenvalue weighted by Crippen LogP contribution is -2.38. The molecule has 0 spiro atoms. The van der Waals surface area contributed by atoms with Crippen molar-refractivity contribution in [3.8, 4) is 0 Å². The molecule has 0 saturated carbocycles. The van der Waals surface area contributed by atoms with Crippen LogP contribution in [0.3, 0.4) is 0 Å². The second kappa shape index (κ2) is 6.26. The standard InChI is InChI=1S/C11H23NO2S2/c1-9(2)6-15-7-10(3)12-11-4-5-16(13,14)8-11/h9-12H,4-8H2,1-3H3. The highest BCUT2D eigenvalue weighted by Crippen LogP contribution is 2.14. The minimum atomic E-state index is -2.74. The SMILES string of the molecule is CC(C)CSCC(C)NC1CCS(=O)(=O)C1. The first-order valence-electron chi connectivity index (χ1n) is 5.93. The maximum absolute atomic E-state index is 11.3. The Kier molecular flexibility index (Phi) is 5.61. The maximum atomic E-state index is 11.3. The Morgan fingerprint density at radius 2 is 2.00 bits per heavy atom. The van der Waals surface area contributed by atoms with Crippen molar-refractivity contribution in [2.24, 2.45) is 5.92 Å². The van der Waals surface area contributed by atoms with Gasteiger partial charge in [0.25, 0.3) is 0 Å². The van der Waals surface area contributed by atoms with E-state index in [1.54, 1.807) is 0 Å². The molecule has 16 heavy (non-hydrogen) atoms. The molecule has 2 unspecified atom stereocenters. The van der Waals surface area contributed by atoms with Gasteiger partial charge in [0.05, 0.1) is 11.5 Å². The molecule has 1 fully saturated rings. The van der Waals surface area contributed by atoms with Gasteiger partial charge in [-0.2, -0.15) is 11.8 Å². The van der Waals surface area contributed by atoms with Gasteiger partial charge < -0.3 is 5.32 Å². The van der Waals surface area contributed by atoms with Gasteiger partial charge in [-0.05, 0) is 25.0 Å². The van der Waals surface area contributed by atoms with Crippen LogP contribution in [0.25, 0.3) is 0 Å². The van der Waals surface area contributed by atoms with E-state index in [1.807, 2.05) is 11.8 Å². The molecule has 1 saturated heterocycles. The number of hydrogen-bond donors (Lipinski definition) is 1. The minimum Gasteiger partial charge on any atom is -0.310 e. The monoisotopic (exact) mass is 265 g/mol. The van der Waals surface area contributed by atoms with Gasteiger partial charge in [0, 0.05) is 17.8 Å². The van der Waals surface area contributed by atoms with Crippen LogP contribution in [0.15, 0.2) is 0 Å². The number of hydrogen-bond acceptors (Lipinski definition) is 4. The van der Waals surface area contributed by atoms with Gasteiger partial charge in [-0.15, -0.1) is 0 Å². The summed E-state index contributed by atoms with van der Waals surface area (Å²) >= 11 is 1.94. The summed E-state index contributed by atoms with van der Waals surface area (Å²) in [4.78, 5) is 0. The third-order valence-electron chi connectivity index (χ3n) is 2.57. The van der Waals surface area contributed by atoms with Gasteiger partial charge in [-0.3, -0.25) is 0 Å². The molecule has 0 amide bonds. The van der Waals surface area contributed by atoms with Crippen molar-refractivity contribution in [1.29, 1.82) is 0 Å². The number of rotatable bonds is 6. The largest absolute Gasteiger partial charge is 0.310 e. The van der Waals surface area contributed by atoms with E-state index >= 15 is 0 Å². The molecule has 0 bridgehead atoms. The Bertz CT molecular complexity index is 301. The summed E-state index contributed by atoms with van der Waals surface area (Å²) < 4.78 is 22.6. The third kappa shape index (κ3) is 5.55. The lowest BCUT2D eigenvalue weighted by atomic mass is 10.2. The van der Waals surface area contributed by atoms with Crippen LogP contribution in [-0.4, -0.2) is 43.5 Å². The zero-order valence-corrected chi connectivity index (χ0v) is 12.0. The topological polar surface area (TPSA) is 46.2 Å². The van der Waals surface area contributed by atoms with Crippen molar-refractivity contribution < 1.29 is 8.42 Å². The predicted molar refractivity (Wildman–Crippen MR) is 71.8 cm³/mol. The van der Waals surface area contributed by atoms with E-state index in [9.17, 15) is 8.42 Å². The quantitative estimate of drug-likeness (QED) is 0.791. The highest BCUT2D eigenvalue weighted by atomic mass is 32.2. The lowest BCUT2D eigenvalue weighted by Gasteiger charge is -2.18. The first-order chi connectivity index (χ1) is 7.39. The Morgan fingerprint density at radius 3 is 2.50 bits per heavy atom. The van der Waals surface area contributed by atoms with E-state index in [4.69, 9.17) is 0 Å². The van der Waals surface area contributed by atoms with Crippen molar-refractivity contribution in [3.05, 3.63) is 0 Å². The average Bonchev–Trinajstić information content (AvgIpc) is 2.44. The number of sulfone groups is 1. The van der Waals surface area contributed by atoms with Crippen LogP contribution in [0.5, 0.6) is 0 Å². The van der Waals surface area contributed by atoms with Crippen molar-refractivity contribution in [3.63, 3.8) is 0 Å². The zero-order chi connectivity index (χ0) is 12.2. The van der Waals surface area contributed by atoms with Gasteiger partial charge in [0.2, 0.25) is 0 Å². The molecule has 1 rings (SSSR count). The average molecular weight is 265 g/mol. The van der Waals surface area contributed by atoms with Crippen molar-refractivity contribution >= 4 is 21.6 Å². The summed E-state index contributed by atoms with van der Waals surface area (Å²) in [7, 11) is -2.74. The molecule has 0 aliphatic carbocycles. The maximum Gasteiger partial charge on any atom is 0.151 e. The van der Waals surface area contributed by atoms with E-state index in [0.717, 1.165) is 18.1 Å². The van der Waals surface area contributed by atoms with Gasteiger partial charge in [-0.1, -0.05) is 13.8 Å². The van der Waals surface area contributed by atoms with Gasteiger partial charge in [-0.25, -0.2) is 8.42 Å². The first kappa shape index (κ1) is 14.3. The molecule has 0 aromatic carbocycles. The van der Waals surface area contributed by atoms with Crippen molar-refractivity contribution in [1.82, 2.24) is 5.32 Å². The van der Waals surface area contributed by atoms with E-state index in [1.165, 1.54) is 5.75 Å². The Balaban J connectivity index is 2.17. The lowest BCUT2D eigenvalue weighted by molar-refractivity contribution is 0.500. The number of thioether (sulfide) groups is 1. The van der Waals surface area contributed by atoms with Crippen LogP contribution < -0.4 is 5.32 Å². The third-order valence-corrected chi connectivity index (χ3v) is 5.98. The fourth-order valence-corrected chi connectivity index (χ4v) is 4.60. The van der Waals surface area contributed by atoms with Gasteiger partial charge >= 0.3 is 0 Å². The molecule has 0 radical (unpaired) electrons. The van der Waals surface area contributed by atoms with Crippen LogP contribution in [0, 0.1) is 5.92 Å². The summed E-state index contributed by atoms with van der Waals surface area (Å²) in [6.07, 6.45) is 0.779. The van der Waals surface area contributed by atoms with Crippen LogP contribution in [-0.2, 0) is 9.84 Å². The number of nitrogens with one attached hydrogen (secondary N) is 1. The predicted octanol–water partition coefficient (Wildman–Crippen LogP) is 1.54. The van der Waals surface area contributed by atoms with Crippen LogP contribution in [0.1, 0.15) is 27.2 Å². The Labute approximate surface area is 104 Å². The second-order valence-corrected chi connectivity index (χ2v) is 8.40. The second-order valence-electron chi connectivity index (χ2n) is 5.10. The highest BCUT2D eigenvalue weighted by Gasteiger charge is 2.28. The van der Waals surface area contributed by atoms with Crippen LogP contribution >= 0.6 is 11.8 Å². The van der Waals surface area contributed by atoms with E-state index in [2.05, 4.69) is 26.1 Å². The molecular formula is C11H23NO2S2. The first-order valence-corrected chi connectivity index (χ1v) is 8.91. The highest BCUT2D eigenvalue weighted by molar-refractivity contribution is 7.99. The van der Waals surface area contributed by atoms with Crippen LogP contribution in [0.4, 0.5) is 0 Å². The molecular weight excluding hydrogens is 242 g/mol. The van der Waals surface area contributed by atoms with E-state index < -0.39 is 9.84 Å². The molecule has 0 aromatic rings. The summed E-state index contributed by atoms with van der Waals surface area (Å²) in [5.74, 6) is 3.65. The summed E-state index contributed by atoms with van der Waals surface area (Å²) in [5, 5.41) is 3.41. The normalized spacial score (nSPS) is 26.1. The molecule has 1 aliphatic heterocycles. The zero-order valence-electron chi connectivity index (χ0n) is 10.4. The molecule has 0 aromatic heterocycles. The molecule has 3 nitrogen and oxygen atoms in total. The minimum absolute atomic E-state index is 0.180. The fourth-order valence-electron chi connectivity index (χ4n) is 1.86. The Hall–Kier alpha value is 0.260. The van der Waals surface area contributed by atoms with Crippen LogP contribution in [0.2, 0.25) is 0 Å². The molecule has 1 N–H and O–H groups in total. The molecule has 96 valence electrons. The molecule has 1 heterocycles.